The van der Waals surface area contributed by atoms with Crippen molar-refractivity contribution >= 4 is 5.91 Å². The Morgan fingerprint density at radius 3 is 3.06 bits per heavy atom. The largest absolute Gasteiger partial charge is 0.345 e. The molecular formula is C10H11N5O2. The van der Waals surface area contributed by atoms with E-state index in [0.717, 1.165) is 0 Å². The molecule has 2 aromatic heterocycles. The molecule has 7 heteroatoms. The molecule has 0 aromatic carbocycles. The highest BCUT2D eigenvalue weighted by Gasteiger charge is 2.07. The minimum atomic E-state index is -0.230. The van der Waals surface area contributed by atoms with Crippen molar-refractivity contribution in [1.82, 2.24) is 20.4 Å². The van der Waals surface area contributed by atoms with E-state index in [-0.39, 0.29) is 12.5 Å². The van der Waals surface area contributed by atoms with Crippen molar-refractivity contribution < 1.29 is 9.32 Å². The first-order chi connectivity index (χ1) is 8.29. The van der Waals surface area contributed by atoms with Crippen LogP contribution < -0.4 is 11.1 Å². The Morgan fingerprint density at radius 2 is 2.35 bits per heavy atom. The van der Waals surface area contributed by atoms with Gasteiger partial charge in [-0.3, -0.25) is 9.78 Å². The minimum absolute atomic E-state index is 0.218. The number of hydrogen-bond donors (Lipinski definition) is 2. The monoisotopic (exact) mass is 233 g/mol. The molecule has 7 nitrogen and oxygen atoms in total. The fourth-order valence-electron chi connectivity index (χ4n) is 1.26. The molecule has 0 saturated heterocycles. The smallest absolute Gasteiger partial charge is 0.251 e. The van der Waals surface area contributed by atoms with Gasteiger partial charge in [0.05, 0.1) is 12.2 Å². The van der Waals surface area contributed by atoms with E-state index in [4.69, 9.17) is 5.73 Å². The maximum atomic E-state index is 11.7. The molecule has 0 atom stereocenters. The molecule has 17 heavy (non-hydrogen) atoms. The zero-order valence-electron chi connectivity index (χ0n) is 8.96. The highest BCUT2D eigenvalue weighted by Crippen LogP contribution is 2.01. The summed E-state index contributed by atoms with van der Waals surface area (Å²) < 4.78 is 4.55. The molecule has 0 unspecified atom stereocenters. The zero-order valence-corrected chi connectivity index (χ0v) is 8.96. The molecule has 0 fully saturated rings. The predicted octanol–water partition coefficient (Wildman–Crippen LogP) is -0.147. The van der Waals surface area contributed by atoms with Gasteiger partial charge in [-0.15, -0.1) is 0 Å². The van der Waals surface area contributed by atoms with Gasteiger partial charge in [-0.1, -0.05) is 5.16 Å². The van der Waals surface area contributed by atoms with E-state index in [1.54, 1.807) is 18.3 Å². The van der Waals surface area contributed by atoms with Gasteiger partial charge in [-0.2, -0.15) is 4.98 Å². The van der Waals surface area contributed by atoms with Gasteiger partial charge in [0.25, 0.3) is 5.91 Å². The Kier molecular flexibility index (Phi) is 3.41. The molecule has 2 rings (SSSR count). The second-order valence-corrected chi connectivity index (χ2v) is 3.27. The molecule has 0 aliphatic carbocycles. The summed E-state index contributed by atoms with van der Waals surface area (Å²) in [4.78, 5) is 19.5. The van der Waals surface area contributed by atoms with Gasteiger partial charge < -0.3 is 15.6 Å². The molecule has 0 bridgehead atoms. The van der Waals surface area contributed by atoms with Crippen molar-refractivity contribution in [3.05, 3.63) is 41.8 Å². The van der Waals surface area contributed by atoms with Gasteiger partial charge in [0.1, 0.15) is 0 Å². The van der Waals surface area contributed by atoms with Gasteiger partial charge in [0.2, 0.25) is 6.39 Å². The SMILES string of the molecule is NCc1cc(C(=O)NCc2ncon2)ccn1. The Balaban J connectivity index is 1.99. The van der Waals surface area contributed by atoms with Crippen LogP contribution in [-0.4, -0.2) is 21.0 Å². The lowest BCUT2D eigenvalue weighted by Crippen LogP contribution is -2.23. The number of pyridine rings is 1. The molecule has 3 N–H and O–H groups in total. The summed E-state index contributed by atoms with van der Waals surface area (Å²) in [6.45, 7) is 0.515. The van der Waals surface area contributed by atoms with Crippen molar-refractivity contribution in [2.45, 2.75) is 13.1 Å². The molecule has 88 valence electrons. The lowest BCUT2D eigenvalue weighted by atomic mass is 10.2. The number of carbonyl (C=O) groups excluding carboxylic acids is 1. The van der Waals surface area contributed by atoms with E-state index in [2.05, 4.69) is 25.0 Å². The van der Waals surface area contributed by atoms with Crippen LogP contribution >= 0.6 is 0 Å². The van der Waals surface area contributed by atoms with Crippen molar-refractivity contribution in [2.75, 3.05) is 0 Å². The molecule has 1 amide bonds. The highest BCUT2D eigenvalue weighted by atomic mass is 16.5. The molecule has 2 heterocycles. The molecule has 0 radical (unpaired) electrons. The van der Waals surface area contributed by atoms with E-state index in [1.165, 1.54) is 6.39 Å². The molecule has 0 aliphatic heterocycles. The number of rotatable bonds is 4. The third kappa shape index (κ3) is 2.85. The van der Waals surface area contributed by atoms with Crippen molar-refractivity contribution in [3.63, 3.8) is 0 Å². The lowest BCUT2D eigenvalue weighted by Gasteiger charge is -2.03. The van der Waals surface area contributed by atoms with Crippen LogP contribution in [-0.2, 0) is 13.1 Å². The Hall–Kier alpha value is -2.28. The summed E-state index contributed by atoms with van der Waals surface area (Å²) in [5, 5.41) is 6.24. The van der Waals surface area contributed by atoms with Gasteiger partial charge in [-0.25, -0.2) is 0 Å². The third-order valence-electron chi connectivity index (χ3n) is 2.10. The van der Waals surface area contributed by atoms with Crippen molar-refractivity contribution in [1.29, 1.82) is 0 Å². The summed E-state index contributed by atoms with van der Waals surface area (Å²) >= 11 is 0. The average Bonchev–Trinajstić information content (AvgIpc) is 2.89. The Bertz CT molecular complexity index is 497. The summed E-state index contributed by atoms with van der Waals surface area (Å²) in [6, 6.07) is 3.26. The molecule has 0 saturated carbocycles. The van der Waals surface area contributed by atoms with Crippen LogP contribution in [0.2, 0.25) is 0 Å². The van der Waals surface area contributed by atoms with Crippen molar-refractivity contribution in [2.24, 2.45) is 5.73 Å². The van der Waals surface area contributed by atoms with Gasteiger partial charge in [0, 0.05) is 18.3 Å². The topological polar surface area (TPSA) is 107 Å². The van der Waals surface area contributed by atoms with Gasteiger partial charge in [-0.05, 0) is 12.1 Å². The van der Waals surface area contributed by atoms with Crippen LogP contribution in [0.4, 0.5) is 0 Å². The van der Waals surface area contributed by atoms with Crippen LogP contribution in [0.25, 0.3) is 0 Å². The predicted molar refractivity (Wildman–Crippen MR) is 57.6 cm³/mol. The van der Waals surface area contributed by atoms with Crippen LogP contribution in [0.3, 0.4) is 0 Å². The molecule has 0 spiro atoms. The number of amides is 1. The first-order valence-electron chi connectivity index (χ1n) is 4.98. The van der Waals surface area contributed by atoms with E-state index < -0.39 is 0 Å². The second kappa shape index (κ2) is 5.17. The number of carbonyl (C=O) groups is 1. The van der Waals surface area contributed by atoms with E-state index in [9.17, 15) is 4.79 Å². The minimum Gasteiger partial charge on any atom is -0.345 e. The summed E-state index contributed by atoms with van der Waals surface area (Å²) in [7, 11) is 0. The first-order valence-corrected chi connectivity index (χ1v) is 4.98. The second-order valence-electron chi connectivity index (χ2n) is 3.27. The standard InChI is InChI=1S/C10H11N5O2/c11-4-8-3-7(1-2-12-8)10(16)13-5-9-14-6-17-15-9/h1-3,6H,4-5,11H2,(H,13,16). The third-order valence-corrected chi connectivity index (χ3v) is 2.10. The number of aromatic nitrogens is 3. The van der Waals surface area contributed by atoms with Crippen LogP contribution in [0.5, 0.6) is 0 Å². The fourth-order valence-corrected chi connectivity index (χ4v) is 1.26. The number of nitrogens with zero attached hydrogens (tertiary/aromatic N) is 3. The van der Waals surface area contributed by atoms with Crippen LogP contribution in [0, 0.1) is 0 Å². The Morgan fingerprint density at radius 1 is 1.47 bits per heavy atom. The molecule has 2 aromatic rings. The van der Waals surface area contributed by atoms with E-state index in [0.29, 0.717) is 23.6 Å². The van der Waals surface area contributed by atoms with Crippen LogP contribution in [0.1, 0.15) is 21.9 Å². The Labute approximate surface area is 97.0 Å². The summed E-state index contributed by atoms with van der Waals surface area (Å²) in [6.07, 6.45) is 2.76. The lowest BCUT2D eigenvalue weighted by molar-refractivity contribution is 0.0949. The number of hydrogen-bond acceptors (Lipinski definition) is 6. The number of nitrogens with one attached hydrogen (secondary N) is 1. The van der Waals surface area contributed by atoms with E-state index >= 15 is 0 Å². The quantitative estimate of drug-likeness (QED) is 0.760. The maximum absolute atomic E-state index is 11.7. The van der Waals surface area contributed by atoms with Gasteiger partial charge >= 0.3 is 0 Å². The molecular weight excluding hydrogens is 222 g/mol. The van der Waals surface area contributed by atoms with Crippen LogP contribution in [0.15, 0.2) is 29.2 Å². The zero-order chi connectivity index (χ0) is 12.1. The van der Waals surface area contributed by atoms with Gasteiger partial charge in [0.15, 0.2) is 5.82 Å². The molecule has 0 aliphatic rings. The maximum Gasteiger partial charge on any atom is 0.251 e. The first kappa shape index (κ1) is 11.2. The average molecular weight is 233 g/mol. The summed E-state index contributed by atoms with van der Waals surface area (Å²) in [5.41, 5.74) is 6.61. The normalized spacial score (nSPS) is 10.2. The number of nitrogens with two attached hydrogens (primary N) is 1. The van der Waals surface area contributed by atoms with Crippen molar-refractivity contribution in [3.8, 4) is 0 Å². The fraction of sp³-hybridized carbons (Fsp3) is 0.200. The summed E-state index contributed by atoms with van der Waals surface area (Å²) in [5.74, 6) is 0.193. The highest BCUT2D eigenvalue weighted by molar-refractivity contribution is 5.94. The van der Waals surface area contributed by atoms with E-state index in [1.807, 2.05) is 0 Å².